The lowest BCUT2D eigenvalue weighted by atomic mass is 10.4. The first-order valence-electron chi connectivity index (χ1n) is 2.27. The smallest absolute Gasteiger partial charge is 0.356 e. The summed E-state index contributed by atoms with van der Waals surface area (Å²) in [5.41, 5.74) is 0. The van der Waals surface area contributed by atoms with Gasteiger partial charge in [-0.05, 0) is 6.92 Å². The first-order chi connectivity index (χ1) is 3.85. The van der Waals surface area contributed by atoms with Gasteiger partial charge in [0.2, 0.25) is 0 Å². The Hall–Kier alpha value is 0.0700. The Balaban J connectivity index is 4.05. The molecule has 0 aromatic carbocycles. The summed E-state index contributed by atoms with van der Waals surface area (Å²) in [6.45, 7) is 1.10. The van der Waals surface area contributed by atoms with Crippen LogP contribution in [0.1, 0.15) is 6.92 Å². The van der Waals surface area contributed by atoms with Crippen molar-refractivity contribution in [2.45, 2.75) is 18.9 Å². The average Bonchev–Trinajstić information content (AvgIpc) is 1.62. The van der Waals surface area contributed by atoms with E-state index in [4.69, 9.17) is 20.0 Å². The minimum Gasteiger partial charge on any atom is -0.390 e. The molecule has 5 nitrogen and oxygen atoms in total. The van der Waals surface area contributed by atoms with Crippen LogP contribution in [0.25, 0.3) is 0 Å². The molecule has 0 saturated heterocycles. The first-order valence-corrected chi connectivity index (χ1v) is 3.95. The van der Waals surface area contributed by atoms with Crippen LogP contribution in [0.15, 0.2) is 0 Å². The fourth-order valence-electron chi connectivity index (χ4n) is 0.281. The zero-order valence-corrected chi connectivity index (χ0v) is 5.69. The van der Waals surface area contributed by atoms with Gasteiger partial charge >= 0.3 is 7.60 Å². The molecule has 0 bridgehead atoms. The molecular formula is C3H9O5P. The van der Waals surface area contributed by atoms with E-state index in [1.165, 1.54) is 0 Å². The Kier molecular flexibility index (Phi) is 2.79. The van der Waals surface area contributed by atoms with Crippen LogP contribution in [-0.2, 0) is 4.57 Å². The van der Waals surface area contributed by atoms with Crippen molar-refractivity contribution in [1.82, 2.24) is 0 Å². The quantitative estimate of drug-likeness (QED) is 0.379. The predicted molar refractivity (Wildman–Crippen MR) is 29.7 cm³/mol. The number of aliphatic hydroxyl groups is 2. The molecule has 0 amide bonds. The second-order valence-corrected chi connectivity index (χ2v) is 3.45. The van der Waals surface area contributed by atoms with Crippen molar-refractivity contribution < 1.29 is 24.6 Å². The Morgan fingerprint density at radius 2 is 1.67 bits per heavy atom. The van der Waals surface area contributed by atoms with E-state index in [1.807, 2.05) is 0 Å². The second-order valence-electron chi connectivity index (χ2n) is 1.74. The van der Waals surface area contributed by atoms with Crippen LogP contribution in [0.2, 0.25) is 0 Å². The molecule has 4 N–H and O–H groups in total. The molecule has 56 valence electrons. The minimum atomic E-state index is -4.51. The highest BCUT2D eigenvalue weighted by atomic mass is 31.2. The fraction of sp³-hybridized carbons (Fsp3) is 1.00. The van der Waals surface area contributed by atoms with Crippen LogP contribution in [0.5, 0.6) is 0 Å². The van der Waals surface area contributed by atoms with E-state index in [9.17, 15) is 4.57 Å². The van der Waals surface area contributed by atoms with Crippen molar-refractivity contribution >= 4 is 7.60 Å². The molecule has 0 radical (unpaired) electrons. The summed E-state index contributed by atoms with van der Waals surface area (Å²) in [5, 5.41) is 16.9. The molecule has 9 heavy (non-hydrogen) atoms. The summed E-state index contributed by atoms with van der Waals surface area (Å²) < 4.78 is 10.1. The summed E-state index contributed by atoms with van der Waals surface area (Å²) in [4.78, 5) is 16.3. The molecule has 0 aromatic rings. The van der Waals surface area contributed by atoms with Gasteiger partial charge in [-0.2, -0.15) is 0 Å². The van der Waals surface area contributed by atoms with Gasteiger partial charge < -0.3 is 20.0 Å². The van der Waals surface area contributed by atoms with E-state index in [0.717, 1.165) is 6.92 Å². The zero-order valence-electron chi connectivity index (χ0n) is 4.80. The van der Waals surface area contributed by atoms with Crippen LogP contribution in [0.3, 0.4) is 0 Å². The lowest BCUT2D eigenvalue weighted by Gasteiger charge is -2.13. The van der Waals surface area contributed by atoms with E-state index in [0.29, 0.717) is 0 Å². The maximum atomic E-state index is 10.1. The minimum absolute atomic E-state index is 1.10. The van der Waals surface area contributed by atoms with Crippen LogP contribution in [0.4, 0.5) is 0 Å². The summed E-state index contributed by atoms with van der Waals surface area (Å²) in [6.07, 6.45) is -1.40. The van der Waals surface area contributed by atoms with Crippen LogP contribution >= 0.6 is 7.60 Å². The Morgan fingerprint density at radius 1 is 1.33 bits per heavy atom. The molecule has 0 heterocycles. The monoisotopic (exact) mass is 156 g/mol. The van der Waals surface area contributed by atoms with Gasteiger partial charge in [-0.1, -0.05) is 0 Å². The number of rotatable bonds is 2. The highest BCUT2D eigenvalue weighted by Crippen LogP contribution is 2.40. The number of aliphatic hydroxyl groups excluding tert-OH is 2. The van der Waals surface area contributed by atoms with Crippen LogP contribution < -0.4 is 0 Å². The van der Waals surface area contributed by atoms with Gasteiger partial charge in [0.25, 0.3) is 0 Å². The average molecular weight is 156 g/mol. The molecule has 0 aliphatic carbocycles. The van der Waals surface area contributed by atoms with E-state index in [-0.39, 0.29) is 0 Å². The predicted octanol–water partition coefficient (Wildman–Crippen LogP) is -1.14. The van der Waals surface area contributed by atoms with Gasteiger partial charge in [0.1, 0.15) is 0 Å². The maximum absolute atomic E-state index is 10.1. The normalized spacial score (nSPS) is 19.2. The Morgan fingerprint density at radius 3 is 1.67 bits per heavy atom. The van der Waals surface area contributed by atoms with Gasteiger partial charge in [0.15, 0.2) is 5.85 Å². The van der Waals surface area contributed by atoms with Crippen molar-refractivity contribution in [2.24, 2.45) is 0 Å². The largest absolute Gasteiger partial charge is 0.390 e. The van der Waals surface area contributed by atoms with E-state index >= 15 is 0 Å². The third kappa shape index (κ3) is 2.93. The summed E-state index contributed by atoms with van der Waals surface area (Å²) >= 11 is 0. The molecular weight excluding hydrogens is 147 g/mol. The lowest BCUT2D eigenvalue weighted by molar-refractivity contribution is 0.0641. The molecule has 0 spiro atoms. The maximum Gasteiger partial charge on any atom is 0.356 e. The van der Waals surface area contributed by atoms with Crippen molar-refractivity contribution in [3.05, 3.63) is 0 Å². The van der Waals surface area contributed by atoms with Crippen molar-refractivity contribution in [1.29, 1.82) is 0 Å². The third-order valence-corrected chi connectivity index (χ3v) is 1.90. The number of hydrogen-bond donors (Lipinski definition) is 4. The Bertz CT molecular complexity index is 126. The van der Waals surface area contributed by atoms with E-state index in [1.54, 1.807) is 0 Å². The number of hydrogen-bond acceptors (Lipinski definition) is 3. The van der Waals surface area contributed by atoms with E-state index in [2.05, 4.69) is 0 Å². The summed E-state index contributed by atoms with van der Waals surface area (Å²) in [5.74, 6) is -1.96. The molecule has 0 saturated carbocycles. The van der Waals surface area contributed by atoms with Gasteiger partial charge in [-0.25, -0.2) is 0 Å². The van der Waals surface area contributed by atoms with Gasteiger partial charge in [-0.3, -0.25) is 4.57 Å². The lowest BCUT2D eigenvalue weighted by Crippen LogP contribution is -2.21. The SMILES string of the molecule is C[C@@H](O)[C@H](O)P(=O)(O)O. The molecule has 0 fully saturated rings. The van der Waals surface area contributed by atoms with Gasteiger partial charge in [-0.15, -0.1) is 0 Å². The Labute approximate surface area is 52.1 Å². The van der Waals surface area contributed by atoms with Gasteiger partial charge in [0, 0.05) is 0 Å². The molecule has 0 aromatic heterocycles. The standard InChI is InChI=1S/C3H9O5P/c1-2(4)3(5)9(6,7)8/h2-5H,1H3,(H2,6,7,8)/t2-,3-/m1/s1. The second kappa shape index (κ2) is 2.77. The highest BCUT2D eigenvalue weighted by molar-refractivity contribution is 7.52. The third-order valence-electron chi connectivity index (χ3n) is 0.776. The van der Waals surface area contributed by atoms with Gasteiger partial charge in [0.05, 0.1) is 6.10 Å². The molecule has 0 aliphatic rings. The highest BCUT2D eigenvalue weighted by Gasteiger charge is 2.30. The van der Waals surface area contributed by atoms with E-state index < -0.39 is 19.5 Å². The van der Waals surface area contributed by atoms with Crippen LogP contribution in [-0.4, -0.2) is 31.9 Å². The molecule has 0 rings (SSSR count). The van der Waals surface area contributed by atoms with Crippen molar-refractivity contribution in [3.63, 3.8) is 0 Å². The van der Waals surface area contributed by atoms with Crippen molar-refractivity contribution in [2.75, 3.05) is 0 Å². The summed E-state index contributed by atoms with van der Waals surface area (Å²) in [6, 6.07) is 0. The van der Waals surface area contributed by atoms with Crippen LogP contribution in [0, 0.1) is 0 Å². The molecule has 0 aliphatic heterocycles. The zero-order chi connectivity index (χ0) is 7.65. The molecule has 6 heteroatoms. The molecule has 2 atom stereocenters. The fourth-order valence-corrected chi connectivity index (χ4v) is 0.843. The molecule has 0 unspecified atom stereocenters. The topological polar surface area (TPSA) is 98.0 Å². The van der Waals surface area contributed by atoms with Crippen molar-refractivity contribution in [3.8, 4) is 0 Å². The first kappa shape index (κ1) is 9.07. The summed E-state index contributed by atoms with van der Waals surface area (Å²) in [7, 11) is -4.51.